The Labute approximate surface area is 419 Å². The molecule has 0 fully saturated rings. The average Bonchev–Trinajstić information content (AvgIpc) is 3.92. The average molecular weight is 923 g/mol. The van der Waals surface area contributed by atoms with Gasteiger partial charge in [0.1, 0.15) is 0 Å². The number of hydrogen-bond donors (Lipinski definition) is 0. The highest BCUT2D eigenvalue weighted by molar-refractivity contribution is 6.13. The van der Waals surface area contributed by atoms with Gasteiger partial charge in [-0.25, -0.2) is 9.97 Å². The Balaban J connectivity index is 1.12. The van der Waals surface area contributed by atoms with Gasteiger partial charge >= 0.3 is 0 Å². The first-order valence-electron chi connectivity index (χ1n) is 24.8. The van der Waals surface area contributed by atoms with Gasteiger partial charge in [-0.05, 0) is 105 Å². The lowest BCUT2D eigenvalue weighted by Crippen LogP contribution is -2.02. The second-order valence-corrected chi connectivity index (χ2v) is 19.4. The number of aryl methyl sites for hydroxylation is 4. The first kappa shape index (κ1) is 42.9. The van der Waals surface area contributed by atoms with Gasteiger partial charge in [0.2, 0.25) is 0 Å². The van der Waals surface area contributed by atoms with Crippen molar-refractivity contribution in [2.24, 2.45) is 0 Å². The quantitative estimate of drug-likeness (QED) is 0.152. The van der Waals surface area contributed by atoms with Gasteiger partial charge in [-0.2, -0.15) is 0 Å². The highest BCUT2D eigenvalue weighted by Crippen LogP contribution is 2.44. The van der Waals surface area contributed by atoms with Gasteiger partial charge in [0, 0.05) is 49.4 Å². The second kappa shape index (κ2) is 17.4. The molecule has 72 heavy (non-hydrogen) atoms. The van der Waals surface area contributed by atoms with Crippen molar-refractivity contribution in [1.29, 1.82) is 0 Å². The second-order valence-electron chi connectivity index (χ2n) is 19.4. The molecule has 0 aliphatic heterocycles. The van der Waals surface area contributed by atoms with Crippen LogP contribution in [-0.4, -0.2) is 19.1 Å². The lowest BCUT2D eigenvalue weighted by molar-refractivity contribution is 1.15. The number of nitrogens with zero attached hydrogens (tertiary/aromatic N) is 4. The molecule has 3 aromatic heterocycles. The Kier molecular flexibility index (Phi) is 10.4. The van der Waals surface area contributed by atoms with E-state index in [1.807, 2.05) is 24.3 Å². The van der Waals surface area contributed by atoms with Gasteiger partial charge in [0.15, 0.2) is 5.82 Å². The molecule has 0 aliphatic rings. The molecule has 0 N–H and O–H groups in total. The molecule has 0 bridgehead atoms. The van der Waals surface area contributed by atoms with Gasteiger partial charge in [-0.3, -0.25) is 0 Å². The minimum absolute atomic E-state index is 0.684. The van der Waals surface area contributed by atoms with E-state index < -0.39 is 0 Å². The molecule has 13 aromatic rings. The normalized spacial score (nSPS) is 11.6. The van der Waals surface area contributed by atoms with Crippen molar-refractivity contribution in [1.82, 2.24) is 19.1 Å². The third-order valence-corrected chi connectivity index (χ3v) is 14.3. The molecule has 10 aromatic carbocycles. The van der Waals surface area contributed by atoms with Crippen LogP contribution in [0.5, 0.6) is 0 Å². The number of para-hydroxylation sites is 3. The van der Waals surface area contributed by atoms with Crippen molar-refractivity contribution in [2.45, 2.75) is 27.7 Å². The predicted octanol–water partition coefficient (Wildman–Crippen LogP) is 17.9. The first-order chi connectivity index (χ1) is 35.3. The summed E-state index contributed by atoms with van der Waals surface area (Å²) < 4.78 is 4.94. The van der Waals surface area contributed by atoms with Crippen LogP contribution in [0.4, 0.5) is 0 Å². The summed E-state index contributed by atoms with van der Waals surface area (Å²) in [7, 11) is 0. The van der Waals surface area contributed by atoms with Crippen LogP contribution in [0.1, 0.15) is 22.3 Å². The van der Waals surface area contributed by atoms with Crippen LogP contribution in [0, 0.1) is 27.7 Å². The molecular weight excluding hydrogens is 873 g/mol. The fourth-order valence-corrected chi connectivity index (χ4v) is 11.2. The van der Waals surface area contributed by atoms with E-state index in [-0.39, 0.29) is 0 Å². The van der Waals surface area contributed by atoms with Crippen LogP contribution in [0.2, 0.25) is 0 Å². The van der Waals surface area contributed by atoms with Gasteiger partial charge in [-0.1, -0.05) is 198 Å². The molecule has 342 valence electrons. The van der Waals surface area contributed by atoms with E-state index in [1.165, 1.54) is 77.1 Å². The number of fused-ring (bicyclic) bond motifs is 6. The van der Waals surface area contributed by atoms with Crippen molar-refractivity contribution in [3.63, 3.8) is 0 Å². The van der Waals surface area contributed by atoms with Crippen LogP contribution < -0.4 is 0 Å². The zero-order valence-corrected chi connectivity index (χ0v) is 40.7. The van der Waals surface area contributed by atoms with Crippen molar-refractivity contribution in [2.75, 3.05) is 0 Å². The SMILES string of the molecule is Cc1cc(C)cc(-c2ccc3c(c2)c2cc(-c4cc(C)cc(C)c4)ccc2n3-c2cc(-c3cc(-c4ccccc4)nc(-c4ccccc4)n3)ccc2-c2ccccc2-n2c3ccccc3c3ccccc32)c1. The summed E-state index contributed by atoms with van der Waals surface area (Å²) in [6, 6.07) is 84.0. The third kappa shape index (κ3) is 7.48. The van der Waals surface area contributed by atoms with E-state index in [9.17, 15) is 0 Å². The smallest absolute Gasteiger partial charge is 0.160 e. The summed E-state index contributed by atoms with van der Waals surface area (Å²) in [6.45, 7) is 8.75. The number of aromatic nitrogens is 4. The highest BCUT2D eigenvalue weighted by atomic mass is 15.0. The Bertz CT molecular complexity index is 3990. The molecule has 0 atom stereocenters. The Morgan fingerprint density at radius 2 is 0.694 bits per heavy atom. The van der Waals surface area contributed by atoms with Gasteiger partial charge < -0.3 is 9.13 Å². The van der Waals surface area contributed by atoms with E-state index in [4.69, 9.17) is 9.97 Å². The molecule has 0 saturated carbocycles. The first-order valence-corrected chi connectivity index (χ1v) is 24.8. The summed E-state index contributed by atoms with van der Waals surface area (Å²) >= 11 is 0. The highest BCUT2D eigenvalue weighted by Gasteiger charge is 2.23. The molecule has 0 saturated heterocycles. The predicted molar refractivity (Wildman–Crippen MR) is 302 cm³/mol. The standard InChI is InChI=1S/C68H50N4/c1-43-33-44(2)36-52(35-43)49-28-31-65-58(39-49)59-40-50(53-37-45(3)34-46(4)38-53)29-32-66(59)72(65)67-41-51(61-42-60(47-17-7-5-8-18-47)69-68(70-61)48-19-9-6-10-20-48)27-30-57(67)56-23-13-16-26-64(56)71-62-24-14-11-21-54(62)55-22-12-15-25-63(55)71/h5-42H,1-4H3. The van der Waals surface area contributed by atoms with E-state index in [0.29, 0.717) is 5.82 Å². The maximum Gasteiger partial charge on any atom is 0.160 e. The zero-order chi connectivity index (χ0) is 48.5. The van der Waals surface area contributed by atoms with Crippen molar-refractivity contribution in [3.05, 3.63) is 253 Å². The summed E-state index contributed by atoms with van der Waals surface area (Å²) in [6.07, 6.45) is 0. The van der Waals surface area contributed by atoms with Crippen LogP contribution in [0.3, 0.4) is 0 Å². The fraction of sp³-hybridized carbons (Fsp3) is 0.0588. The Morgan fingerprint density at radius 1 is 0.264 bits per heavy atom. The van der Waals surface area contributed by atoms with E-state index in [1.54, 1.807) is 0 Å². The molecule has 0 unspecified atom stereocenters. The summed E-state index contributed by atoms with van der Waals surface area (Å²) in [5.41, 5.74) is 23.5. The van der Waals surface area contributed by atoms with Gasteiger partial charge in [0.05, 0.1) is 44.8 Å². The van der Waals surface area contributed by atoms with Crippen LogP contribution in [0.25, 0.3) is 122 Å². The topological polar surface area (TPSA) is 35.6 Å². The molecule has 13 rings (SSSR count). The maximum absolute atomic E-state index is 5.37. The Hall–Kier alpha value is -9.12. The van der Waals surface area contributed by atoms with E-state index >= 15 is 0 Å². The van der Waals surface area contributed by atoms with Gasteiger partial charge in [-0.15, -0.1) is 0 Å². The largest absolute Gasteiger partial charge is 0.309 e. The van der Waals surface area contributed by atoms with Crippen molar-refractivity contribution >= 4 is 43.6 Å². The van der Waals surface area contributed by atoms with Crippen LogP contribution in [0.15, 0.2) is 231 Å². The molecular formula is C68H50N4. The van der Waals surface area contributed by atoms with E-state index in [0.717, 1.165) is 61.6 Å². The fourth-order valence-electron chi connectivity index (χ4n) is 11.2. The summed E-state index contributed by atoms with van der Waals surface area (Å²) in [5, 5.41) is 4.85. The molecule has 4 nitrogen and oxygen atoms in total. The molecule has 0 aliphatic carbocycles. The van der Waals surface area contributed by atoms with E-state index in [2.05, 4.69) is 243 Å². The number of hydrogen-bond acceptors (Lipinski definition) is 2. The Morgan fingerprint density at radius 3 is 1.26 bits per heavy atom. The molecule has 0 spiro atoms. The molecule has 4 heteroatoms. The third-order valence-electron chi connectivity index (χ3n) is 14.3. The van der Waals surface area contributed by atoms with Crippen LogP contribution in [-0.2, 0) is 0 Å². The summed E-state index contributed by atoms with van der Waals surface area (Å²) in [4.78, 5) is 10.5. The van der Waals surface area contributed by atoms with Gasteiger partial charge in [0.25, 0.3) is 0 Å². The number of rotatable bonds is 8. The van der Waals surface area contributed by atoms with Crippen molar-refractivity contribution < 1.29 is 0 Å². The number of benzene rings is 10. The maximum atomic E-state index is 5.37. The van der Waals surface area contributed by atoms with Crippen LogP contribution >= 0.6 is 0 Å². The molecule has 0 amide bonds. The molecule has 3 heterocycles. The lowest BCUT2D eigenvalue weighted by atomic mass is 9.97. The monoisotopic (exact) mass is 922 g/mol. The summed E-state index contributed by atoms with van der Waals surface area (Å²) in [5.74, 6) is 0.684. The minimum atomic E-state index is 0.684. The minimum Gasteiger partial charge on any atom is -0.309 e. The lowest BCUT2D eigenvalue weighted by Gasteiger charge is -2.20. The molecule has 0 radical (unpaired) electrons. The zero-order valence-electron chi connectivity index (χ0n) is 40.7. The van der Waals surface area contributed by atoms with Crippen molar-refractivity contribution in [3.8, 4) is 78.7 Å².